The van der Waals surface area contributed by atoms with Crippen LogP contribution in [0.15, 0.2) is 42.0 Å². The molecule has 3 rings (SSSR count). The van der Waals surface area contributed by atoms with Gasteiger partial charge in [0, 0.05) is 34.2 Å². The highest BCUT2D eigenvalue weighted by molar-refractivity contribution is 7.13. The standard InChI is InChI=1S/C14H12N4OS/c15-14-17-10(8-20-14)6-13(19)18-12-3-1-2-9-7-16-5-4-11(9)12/h1-5,7-8H,6H2,(H2,15,17)(H,18,19). The largest absolute Gasteiger partial charge is 0.375 e. The SMILES string of the molecule is Nc1nc(CC(=O)Nc2cccc3cnccc23)cs1. The second-order valence-corrected chi connectivity index (χ2v) is 5.19. The summed E-state index contributed by atoms with van der Waals surface area (Å²) in [5, 5.41) is 7.12. The number of nitrogens with zero attached hydrogens (tertiary/aromatic N) is 2. The maximum absolute atomic E-state index is 12.0. The van der Waals surface area contributed by atoms with Crippen LogP contribution in [0.2, 0.25) is 0 Å². The van der Waals surface area contributed by atoms with Crippen LogP contribution in [0, 0.1) is 0 Å². The van der Waals surface area contributed by atoms with Crippen molar-refractivity contribution in [2.75, 3.05) is 11.1 Å². The van der Waals surface area contributed by atoms with Crippen LogP contribution in [0.1, 0.15) is 5.69 Å². The van der Waals surface area contributed by atoms with Crippen molar-refractivity contribution in [3.63, 3.8) is 0 Å². The molecule has 2 heterocycles. The second kappa shape index (κ2) is 5.26. The molecule has 5 nitrogen and oxygen atoms in total. The molecule has 0 radical (unpaired) electrons. The number of benzene rings is 1. The number of hydrogen-bond donors (Lipinski definition) is 2. The summed E-state index contributed by atoms with van der Waals surface area (Å²) in [5.41, 5.74) is 7.01. The van der Waals surface area contributed by atoms with Gasteiger partial charge in [0.1, 0.15) is 0 Å². The van der Waals surface area contributed by atoms with Crippen molar-refractivity contribution < 1.29 is 4.79 Å². The molecule has 0 aliphatic heterocycles. The maximum Gasteiger partial charge on any atom is 0.230 e. The first-order valence-corrected chi connectivity index (χ1v) is 6.93. The van der Waals surface area contributed by atoms with E-state index in [-0.39, 0.29) is 12.3 Å². The van der Waals surface area contributed by atoms with Crippen molar-refractivity contribution in [2.24, 2.45) is 0 Å². The Balaban J connectivity index is 1.81. The molecule has 0 bridgehead atoms. The lowest BCUT2D eigenvalue weighted by Gasteiger charge is -2.07. The van der Waals surface area contributed by atoms with E-state index in [1.165, 1.54) is 11.3 Å². The average molecular weight is 284 g/mol. The van der Waals surface area contributed by atoms with Gasteiger partial charge in [0.2, 0.25) is 5.91 Å². The molecule has 1 amide bonds. The molecule has 2 aromatic heterocycles. The van der Waals surface area contributed by atoms with E-state index in [0.717, 1.165) is 16.5 Å². The van der Waals surface area contributed by atoms with E-state index in [9.17, 15) is 4.79 Å². The van der Waals surface area contributed by atoms with E-state index in [2.05, 4.69) is 15.3 Å². The predicted molar refractivity (Wildman–Crippen MR) is 80.6 cm³/mol. The molecule has 0 saturated heterocycles. The summed E-state index contributed by atoms with van der Waals surface area (Å²) < 4.78 is 0. The lowest BCUT2D eigenvalue weighted by atomic mass is 10.1. The Labute approximate surface area is 119 Å². The summed E-state index contributed by atoms with van der Waals surface area (Å²) in [6.07, 6.45) is 3.69. The molecule has 0 aliphatic carbocycles. The number of fused-ring (bicyclic) bond motifs is 1. The quantitative estimate of drug-likeness (QED) is 0.774. The highest BCUT2D eigenvalue weighted by Crippen LogP contribution is 2.22. The number of nitrogens with two attached hydrogens (primary N) is 1. The topological polar surface area (TPSA) is 80.9 Å². The number of nitrogen functional groups attached to an aromatic ring is 1. The van der Waals surface area contributed by atoms with E-state index in [1.807, 2.05) is 24.3 Å². The Kier molecular flexibility index (Phi) is 3.30. The fraction of sp³-hybridized carbons (Fsp3) is 0.0714. The number of thiazole rings is 1. The van der Waals surface area contributed by atoms with Crippen molar-refractivity contribution in [2.45, 2.75) is 6.42 Å². The van der Waals surface area contributed by atoms with Crippen LogP contribution in [0.25, 0.3) is 10.8 Å². The molecule has 0 fully saturated rings. The van der Waals surface area contributed by atoms with Gasteiger partial charge in [0.15, 0.2) is 5.13 Å². The molecule has 0 unspecified atom stereocenters. The average Bonchev–Trinajstić information content (AvgIpc) is 2.84. The Morgan fingerprint density at radius 1 is 1.35 bits per heavy atom. The molecule has 0 aliphatic rings. The molecule has 0 spiro atoms. The fourth-order valence-electron chi connectivity index (χ4n) is 1.99. The molecule has 100 valence electrons. The summed E-state index contributed by atoms with van der Waals surface area (Å²) in [6, 6.07) is 7.60. The number of aromatic nitrogens is 2. The van der Waals surface area contributed by atoms with Crippen LogP contribution in [0.3, 0.4) is 0 Å². The van der Waals surface area contributed by atoms with Gasteiger partial charge in [-0.05, 0) is 12.1 Å². The minimum atomic E-state index is -0.111. The van der Waals surface area contributed by atoms with Gasteiger partial charge in [-0.15, -0.1) is 11.3 Å². The van der Waals surface area contributed by atoms with E-state index < -0.39 is 0 Å². The number of rotatable bonds is 3. The fourth-order valence-corrected chi connectivity index (χ4v) is 2.56. The van der Waals surface area contributed by atoms with Gasteiger partial charge in [0.25, 0.3) is 0 Å². The van der Waals surface area contributed by atoms with Crippen LogP contribution in [0.5, 0.6) is 0 Å². The first-order valence-electron chi connectivity index (χ1n) is 6.05. The number of pyridine rings is 1. The summed E-state index contributed by atoms with van der Waals surface area (Å²) in [4.78, 5) is 20.2. The zero-order valence-corrected chi connectivity index (χ0v) is 11.4. The summed E-state index contributed by atoms with van der Waals surface area (Å²) >= 11 is 1.33. The van der Waals surface area contributed by atoms with Crippen molar-refractivity contribution in [1.82, 2.24) is 9.97 Å². The molecule has 6 heteroatoms. The highest BCUT2D eigenvalue weighted by Gasteiger charge is 2.08. The number of hydrogen-bond acceptors (Lipinski definition) is 5. The Bertz CT molecular complexity index is 763. The number of carbonyl (C=O) groups is 1. The van der Waals surface area contributed by atoms with Crippen molar-refractivity contribution in [3.8, 4) is 0 Å². The van der Waals surface area contributed by atoms with E-state index >= 15 is 0 Å². The molecule has 3 aromatic rings. The van der Waals surface area contributed by atoms with Crippen molar-refractivity contribution in [3.05, 3.63) is 47.7 Å². The molecular weight excluding hydrogens is 272 g/mol. The van der Waals surface area contributed by atoms with Gasteiger partial charge in [-0.1, -0.05) is 12.1 Å². The lowest BCUT2D eigenvalue weighted by molar-refractivity contribution is -0.115. The third kappa shape index (κ3) is 2.60. The maximum atomic E-state index is 12.0. The summed E-state index contributed by atoms with van der Waals surface area (Å²) in [6.45, 7) is 0. The third-order valence-corrected chi connectivity index (χ3v) is 3.59. The first-order chi connectivity index (χ1) is 9.72. The highest BCUT2D eigenvalue weighted by atomic mass is 32.1. The van der Waals surface area contributed by atoms with Gasteiger partial charge in [-0.3, -0.25) is 9.78 Å². The number of anilines is 2. The Morgan fingerprint density at radius 3 is 3.05 bits per heavy atom. The van der Waals surface area contributed by atoms with Gasteiger partial charge < -0.3 is 11.1 Å². The summed E-state index contributed by atoms with van der Waals surface area (Å²) in [5.74, 6) is -0.111. The van der Waals surface area contributed by atoms with Crippen LogP contribution in [-0.4, -0.2) is 15.9 Å². The minimum Gasteiger partial charge on any atom is -0.375 e. The summed E-state index contributed by atoms with van der Waals surface area (Å²) in [7, 11) is 0. The number of nitrogens with one attached hydrogen (secondary N) is 1. The van der Waals surface area contributed by atoms with Crippen molar-refractivity contribution >= 4 is 38.8 Å². The van der Waals surface area contributed by atoms with Gasteiger partial charge in [0.05, 0.1) is 12.1 Å². The monoisotopic (exact) mass is 284 g/mol. The third-order valence-electron chi connectivity index (χ3n) is 2.87. The second-order valence-electron chi connectivity index (χ2n) is 4.30. The first kappa shape index (κ1) is 12.6. The molecule has 3 N–H and O–H groups in total. The van der Waals surface area contributed by atoms with E-state index in [0.29, 0.717) is 10.8 Å². The van der Waals surface area contributed by atoms with Gasteiger partial charge in [-0.25, -0.2) is 4.98 Å². The normalized spacial score (nSPS) is 10.6. The van der Waals surface area contributed by atoms with Gasteiger partial charge >= 0.3 is 0 Å². The van der Waals surface area contributed by atoms with Crippen LogP contribution in [-0.2, 0) is 11.2 Å². The molecular formula is C14H12N4OS. The predicted octanol–water partition coefficient (Wildman–Crippen LogP) is 2.45. The molecule has 0 atom stereocenters. The number of carbonyl (C=O) groups excluding carboxylic acids is 1. The van der Waals surface area contributed by atoms with Crippen LogP contribution >= 0.6 is 11.3 Å². The smallest absolute Gasteiger partial charge is 0.230 e. The zero-order valence-electron chi connectivity index (χ0n) is 10.5. The van der Waals surface area contributed by atoms with Crippen LogP contribution < -0.4 is 11.1 Å². The van der Waals surface area contributed by atoms with E-state index in [1.54, 1.807) is 17.8 Å². The minimum absolute atomic E-state index is 0.111. The molecule has 20 heavy (non-hydrogen) atoms. The van der Waals surface area contributed by atoms with E-state index in [4.69, 9.17) is 5.73 Å². The Morgan fingerprint density at radius 2 is 2.25 bits per heavy atom. The van der Waals surface area contributed by atoms with Crippen LogP contribution in [0.4, 0.5) is 10.8 Å². The Hall–Kier alpha value is -2.47. The van der Waals surface area contributed by atoms with Gasteiger partial charge in [-0.2, -0.15) is 0 Å². The number of amides is 1. The molecule has 1 aromatic carbocycles. The molecule has 0 saturated carbocycles. The lowest BCUT2D eigenvalue weighted by Crippen LogP contribution is -2.14. The zero-order chi connectivity index (χ0) is 13.9. The van der Waals surface area contributed by atoms with Crippen molar-refractivity contribution in [1.29, 1.82) is 0 Å².